The molecule has 1 aromatic heterocycles. The van der Waals surface area contributed by atoms with Gasteiger partial charge in [-0.3, -0.25) is 14.6 Å². The Morgan fingerprint density at radius 1 is 1.03 bits per heavy atom. The normalized spacial score (nSPS) is 21.9. The number of pyridine rings is 1. The van der Waals surface area contributed by atoms with Gasteiger partial charge in [0.1, 0.15) is 11.6 Å². The molecule has 0 unspecified atom stereocenters. The van der Waals surface area contributed by atoms with Gasteiger partial charge in [0.25, 0.3) is 5.91 Å². The predicted molar refractivity (Wildman–Crippen MR) is 139 cm³/mol. The van der Waals surface area contributed by atoms with E-state index in [1.54, 1.807) is 18.3 Å². The van der Waals surface area contributed by atoms with Gasteiger partial charge in [-0.05, 0) is 91.5 Å². The molecule has 2 bridgehead atoms. The zero-order chi connectivity index (χ0) is 25.7. The third-order valence-electron chi connectivity index (χ3n) is 8.74. The minimum Gasteiger partial charge on any atom is -0.352 e. The number of carbonyl (C=O) groups excluding carboxylic acids is 2. The number of rotatable bonds is 10. The molecular weight excluding hydrogens is 470 g/mol. The second-order valence-corrected chi connectivity index (χ2v) is 11.2. The summed E-state index contributed by atoms with van der Waals surface area (Å²) in [4.78, 5) is 30.0. The van der Waals surface area contributed by atoms with E-state index in [0.717, 1.165) is 54.9 Å². The lowest BCUT2D eigenvalue weighted by molar-refractivity contribution is -0.0793. The van der Waals surface area contributed by atoms with E-state index in [2.05, 4.69) is 10.3 Å². The average molecular weight is 503 g/mol. The number of carbonyl (C=O) groups is 2. The van der Waals surface area contributed by atoms with E-state index in [-0.39, 0.29) is 16.9 Å². The van der Waals surface area contributed by atoms with Crippen molar-refractivity contribution in [2.24, 2.45) is 23.7 Å². The fraction of sp³-hybridized carbons (Fsp3) is 0.452. The van der Waals surface area contributed by atoms with Gasteiger partial charge in [-0.25, -0.2) is 8.78 Å². The molecule has 37 heavy (non-hydrogen) atoms. The van der Waals surface area contributed by atoms with Crippen molar-refractivity contribution in [2.45, 2.75) is 58.3 Å². The highest BCUT2D eigenvalue weighted by molar-refractivity contribution is 6.02. The van der Waals surface area contributed by atoms with Gasteiger partial charge in [0.15, 0.2) is 5.78 Å². The molecule has 7 rings (SSSR count). The highest BCUT2D eigenvalue weighted by Crippen LogP contribution is 2.60. The van der Waals surface area contributed by atoms with Gasteiger partial charge in [-0.15, -0.1) is 0 Å². The summed E-state index contributed by atoms with van der Waals surface area (Å²) in [5.41, 5.74) is 2.68. The zero-order valence-corrected chi connectivity index (χ0v) is 21.2. The van der Waals surface area contributed by atoms with Crippen molar-refractivity contribution in [3.63, 3.8) is 0 Å². The molecule has 0 aliphatic heterocycles. The van der Waals surface area contributed by atoms with Crippen LogP contribution in [0, 0.1) is 35.3 Å². The van der Waals surface area contributed by atoms with Crippen molar-refractivity contribution in [3.05, 3.63) is 64.9 Å². The molecule has 1 heterocycles. The molecule has 2 aromatic carbocycles. The molecule has 3 aromatic rings. The van der Waals surface area contributed by atoms with E-state index in [9.17, 15) is 14.0 Å². The SMILES string of the molecule is CCCCNC(=O)c1ccc(-c2cc3c(CC4C5CC4C5)c(C(=O)CC4CC4)cnc3cc2F)cc1F. The van der Waals surface area contributed by atoms with Crippen molar-refractivity contribution in [1.82, 2.24) is 10.3 Å². The molecule has 4 aliphatic rings. The quantitative estimate of drug-likeness (QED) is 0.243. The summed E-state index contributed by atoms with van der Waals surface area (Å²) >= 11 is 0. The Kier molecular flexibility index (Phi) is 6.29. The maximum absolute atomic E-state index is 15.3. The molecule has 1 N–H and O–H groups in total. The van der Waals surface area contributed by atoms with Crippen molar-refractivity contribution in [2.75, 3.05) is 6.54 Å². The van der Waals surface area contributed by atoms with Gasteiger partial charge in [0.05, 0.1) is 11.1 Å². The first-order valence-electron chi connectivity index (χ1n) is 13.6. The van der Waals surface area contributed by atoms with Crippen LogP contribution in [0.15, 0.2) is 36.5 Å². The number of fused-ring (bicyclic) bond motifs is 1. The lowest BCUT2D eigenvalue weighted by atomic mass is 9.47. The third-order valence-corrected chi connectivity index (χ3v) is 8.74. The first-order chi connectivity index (χ1) is 17.9. The second kappa shape index (κ2) is 9.62. The number of benzene rings is 2. The number of nitrogens with one attached hydrogen (secondary N) is 1. The van der Waals surface area contributed by atoms with E-state index in [0.29, 0.717) is 41.4 Å². The number of ketones is 1. The smallest absolute Gasteiger partial charge is 0.254 e. The van der Waals surface area contributed by atoms with Crippen molar-refractivity contribution >= 4 is 22.6 Å². The molecule has 0 radical (unpaired) electrons. The van der Waals surface area contributed by atoms with Crippen LogP contribution >= 0.6 is 0 Å². The van der Waals surface area contributed by atoms with Crippen LogP contribution in [-0.4, -0.2) is 23.2 Å². The number of hydrogen-bond acceptors (Lipinski definition) is 3. The minimum atomic E-state index is -0.688. The summed E-state index contributed by atoms with van der Waals surface area (Å²) in [6.07, 6.45) is 9.47. The Labute approximate surface area is 215 Å². The Hall–Kier alpha value is -3.15. The summed E-state index contributed by atoms with van der Waals surface area (Å²) < 4.78 is 30.2. The molecule has 0 spiro atoms. The van der Waals surface area contributed by atoms with Crippen LogP contribution in [0.5, 0.6) is 0 Å². The first-order valence-corrected chi connectivity index (χ1v) is 13.6. The van der Waals surface area contributed by atoms with Crippen LogP contribution in [-0.2, 0) is 6.42 Å². The number of amides is 1. The summed E-state index contributed by atoms with van der Waals surface area (Å²) in [7, 11) is 0. The van der Waals surface area contributed by atoms with Crippen LogP contribution in [0.3, 0.4) is 0 Å². The molecule has 4 fully saturated rings. The van der Waals surface area contributed by atoms with Gasteiger partial charge in [-0.2, -0.15) is 0 Å². The lowest BCUT2D eigenvalue weighted by Gasteiger charge is -2.58. The highest BCUT2D eigenvalue weighted by Gasteiger charge is 2.52. The Morgan fingerprint density at radius 2 is 1.81 bits per heavy atom. The fourth-order valence-electron chi connectivity index (χ4n) is 5.95. The topological polar surface area (TPSA) is 59.1 Å². The highest BCUT2D eigenvalue weighted by atomic mass is 19.1. The maximum Gasteiger partial charge on any atom is 0.254 e. The summed E-state index contributed by atoms with van der Waals surface area (Å²) in [6, 6.07) is 7.31. The van der Waals surface area contributed by atoms with E-state index in [1.165, 1.54) is 31.0 Å². The van der Waals surface area contributed by atoms with E-state index in [4.69, 9.17) is 0 Å². The van der Waals surface area contributed by atoms with Gasteiger partial charge < -0.3 is 5.32 Å². The Bertz CT molecular complexity index is 1380. The molecule has 192 valence electrons. The van der Waals surface area contributed by atoms with E-state index in [1.807, 2.05) is 6.92 Å². The van der Waals surface area contributed by atoms with E-state index >= 15 is 4.39 Å². The van der Waals surface area contributed by atoms with Crippen LogP contribution in [0.4, 0.5) is 8.78 Å². The average Bonchev–Trinajstić information content (AvgIpc) is 3.64. The van der Waals surface area contributed by atoms with Gasteiger partial charge in [-0.1, -0.05) is 19.4 Å². The maximum atomic E-state index is 15.3. The molecule has 6 heteroatoms. The second-order valence-electron chi connectivity index (χ2n) is 11.2. The summed E-state index contributed by atoms with van der Waals surface area (Å²) in [5, 5.41) is 3.49. The first kappa shape index (κ1) is 24.2. The number of nitrogens with zero attached hydrogens (tertiary/aromatic N) is 1. The molecular formula is C31H32F2N2O2. The standard InChI is InChI=1S/C31H32F2N2O2/c1-2-3-8-34-31(37)21-7-6-18(12-27(21)32)23-14-25-24(13-22-19-10-20(22)11-19)26(30(36)9-17-4-5-17)16-35-29(25)15-28(23)33/h6-7,12,14-17,19-20,22H,2-5,8-11,13H2,1H3,(H,34,37). The number of Topliss-reactive ketones (excluding diaryl/α,β-unsaturated/α-hetero) is 1. The van der Waals surface area contributed by atoms with Crippen molar-refractivity contribution < 1.29 is 18.4 Å². The van der Waals surface area contributed by atoms with Crippen LogP contribution in [0.25, 0.3) is 22.0 Å². The fourth-order valence-corrected chi connectivity index (χ4v) is 5.95. The van der Waals surface area contributed by atoms with Gasteiger partial charge in [0, 0.05) is 41.7 Å². The summed E-state index contributed by atoms with van der Waals surface area (Å²) in [5.74, 6) is 0.957. The van der Waals surface area contributed by atoms with Crippen LogP contribution in [0.2, 0.25) is 0 Å². The summed E-state index contributed by atoms with van der Waals surface area (Å²) in [6.45, 7) is 2.50. The number of aromatic nitrogens is 1. The minimum absolute atomic E-state index is 0.0550. The molecule has 0 saturated heterocycles. The Balaban J connectivity index is 1.37. The third kappa shape index (κ3) is 4.55. The molecule has 4 saturated carbocycles. The van der Waals surface area contributed by atoms with Gasteiger partial charge >= 0.3 is 0 Å². The Morgan fingerprint density at radius 3 is 2.46 bits per heavy atom. The number of halogens is 2. The van der Waals surface area contributed by atoms with Crippen molar-refractivity contribution in [1.29, 1.82) is 0 Å². The van der Waals surface area contributed by atoms with Crippen LogP contribution < -0.4 is 5.32 Å². The lowest BCUT2D eigenvalue weighted by Crippen LogP contribution is -2.51. The van der Waals surface area contributed by atoms with Crippen molar-refractivity contribution in [3.8, 4) is 11.1 Å². The number of unbranched alkanes of at least 4 members (excludes halogenated alkanes) is 1. The van der Waals surface area contributed by atoms with E-state index < -0.39 is 17.5 Å². The molecule has 1 amide bonds. The van der Waals surface area contributed by atoms with Gasteiger partial charge in [0.2, 0.25) is 0 Å². The molecule has 4 nitrogen and oxygen atoms in total. The predicted octanol–water partition coefficient (Wildman–Crippen LogP) is 6.89. The number of hydrogen-bond donors (Lipinski definition) is 1. The monoisotopic (exact) mass is 502 g/mol. The molecule has 0 atom stereocenters. The van der Waals surface area contributed by atoms with Crippen LogP contribution in [0.1, 0.15) is 78.1 Å². The largest absolute Gasteiger partial charge is 0.352 e. The zero-order valence-electron chi connectivity index (χ0n) is 21.2. The molecule has 4 aliphatic carbocycles.